The number of nitro groups is 1. The second-order valence-corrected chi connectivity index (χ2v) is 6.20. The van der Waals surface area contributed by atoms with Gasteiger partial charge >= 0.3 is 5.88 Å². The molecule has 1 saturated heterocycles. The number of anilines is 1. The van der Waals surface area contributed by atoms with E-state index in [1.165, 1.54) is 11.0 Å². The predicted octanol–water partition coefficient (Wildman–Crippen LogP) is 2.38. The van der Waals surface area contributed by atoms with Crippen molar-refractivity contribution in [3.05, 3.63) is 51.9 Å². The highest BCUT2D eigenvalue weighted by atomic mass is 16.6. The van der Waals surface area contributed by atoms with Crippen molar-refractivity contribution < 1.29 is 18.9 Å². The standard InChI is InChI=1S/C17H18N4O5/c1-11-4-6-14(18-9-11)19-16(22)12-3-2-8-20(10-12)17(23)13-5-7-15(26-13)21(24)25/h4-7,9,12H,2-3,8,10H2,1H3,(H,18,19,22). The highest BCUT2D eigenvalue weighted by Crippen LogP contribution is 2.22. The third kappa shape index (κ3) is 3.88. The molecule has 1 aliphatic rings. The summed E-state index contributed by atoms with van der Waals surface area (Å²) in [6.45, 7) is 2.60. The van der Waals surface area contributed by atoms with Crippen molar-refractivity contribution in [2.75, 3.05) is 18.4 Å². The summed E-state index contributed by atoms with van der Waals surface area (Å²) in [6, 6.07) is 5.99. The molecule has 2 amide bonds. The van der Waals surface area contributed by atoms with Crippen LogP contribution in [0.3, 0.4) is 0 Å². The topological polar surface area (TPSA) is 119 Å². The lowest BCUT2D eigenvalue weighted by Crippen LogP contribution is -2.43. The Hall–Kier alpha value is -3.23. The van der Waals surface area contributed by atoms with Crippen LogP contribution in [0.4, 0.5) is 11.7 Å². The SMILES string of the molecule is Cc1ccc(NC(=O)C2CCCN(C(=O)c3ccc([N+](=O)[O-])o3)C2)nc1. The molecule has 1 atom stereocenters. The molecule has 0 aliphatic carbocycles. The lowest BCUT2D eigenvalue weighted by molar-refractivity contribution is -0.402. The number of likely N-dealkylation sites (tertiary alicyclic amines) is 1. The molecule has 1 fully saturated rings. The van der Waals surface area contributed by atoms with E-state index in [1.54, 1.807) is 12.3 Å². The van der Waals surface area contributed by atoms with Crippen LogP contribution < -0.4 is 5.32 Å². The minimum Gasteiger partial charge on any atom is -0.395 e. The van der Waals surface area contributed by atoms with Gasteiger partial charge in [-0.15, -0.1) is 0 Å². The van der Waals surface area contributed by atoms with Crippen molar-refractivity contribution in [2.45, 2.75) is 19.8 Å². The van der Waals surface area contributed by atoms with Crippen LogP contribution in [0.25, 0.3) is 0 Å². The van der Waals surface area contributed by atoms with Crippen LogP contribution in [0.15, 0.2) is 34.9 Å². The number of piperidine rings is 1. The van der Waals surface area contributed by atoms with E-state index in [1.807, 2.05) is 13.0 Å². The van der Waals surface area contributed by atoms with Crippen LogP contribution in [0.1, 0.15) is 29.0 Å². The Kier molecular flexibility index (Phi) is 4.97. The van der Waals surface area contributed by atoms with Crippen LogP contribution in [-0.4, -0.2) is 39.7 Å². The molecule has 0 aromatic carbocycles. The Labute approximate surface area is 149 Å². The maximum Gasteiger partial charge on any atom is 0.433 e. The zero-order valence-electron chi connectivity index (χ0n) is 14.2. The summed E-state index contributed by atoms with van der Waals surface area (Å²) in [4.78, 5) is 40.5. The van der Waals surface area contributed by atoms with Gasteiger partial charge in [0.25, 0.3) is 5.91 Å². The summed E-state index contributed by atoms with van der Waals surface area (Å²) in [5.74, 6) is -1.15. The van der Waals surface area contributed by atoms with Crippen LogP contribution in [0.5, 0.6) is 0 Å². The van der Waals surface area contributed by atoms with Crippen molar-refractivity contribution in [3.8, 4) is 0 Å². The maximum atomic E-state index is 12.5. The fraction of sp³-hybridized carbons (Fsp3) is 0.353. The molecule has 0 radical (unpaired) electrons. The number of carbonyl (C=O) groups excluding carboxylic acids is 2. The molecule has 136 valence electrons. The van der Waals surface area contributed by atoms with Gasteiger partial charge in [-0.25, -0.2) is 4.98 Å². The average molecular weight is 358 g/mol. The molecule has 0 bridgehead atoms. The molecule has 1 unspecified atom stereocenters. The lowest BCUT2D eigenvalue weighted by Gasteiger charge is -2.31. The maximum absolute atomic E-state index is 12.5. The van der Waals surface area contributed by atoms with Gasteiger partial charge < -0.3 is 14.6 Å². The molecule has 0 spiro atoms. The van der Waals surface area contributed by atoms with Gasteiger partial charge in [0.1, 0.15) is 10.7 Å². The Bertz CT molecular complexity index is 830. The smallest absolute Gasteiger partial charge is 0.395 e. The third-order valence-corrected chi connectivity index (χ3v) is 4.22. The fourth-order valence-corrected chi connectivity index (χ4v) is 2.84. The molecule has 9 nitrogen and oxygen atoms in total. The molecule has 26 heavy (non-hydrogen) atoms. The minimum atomic E-state index is -0.697. The third-order valence-electron chi connectivity index (χ3n) is 4.22. The average Bonchev–Trinajstić information content (AvgIpc) is 3.13. The normalized spacial score (nSPS) is 17.0. The Morgan fingerprint density at radius 1 is 1.35 bits per heavy atom. The van der Waals surface area contributed by atoms with Crippen LogP contribution >= 0.6 is 0 Å². The van der Waals surface area contributed by atoms with E-state index in [0.29, 0.717) is 25.2 Å². The number of pyridine rings is 1. The van der Waals surface area contributed by atoms with Gasteiger partial charge in [-0.3, -0.25) is 19.7 Å². The number of carbonyl (C=O) groups is 2. The Morgan fingerprint density at radius 2 is 2.15 bits per heavy atom. The number of rotatable bonds is 4. The second-order valence-electron chi connectivity index (χ2n) is 6.20. The summed E-state index contributed by atoms with van der Waals surface area (Å²) in [5, 5.41) is 13.4. The molecule has 0 saturated carbocycles. The predicted molar refractivity (Wildman–Crippen MR) is 91.6 cm³/mol. The van der Waals surface area contributed by atoms with Gasteiger partial charge in [0, 0.05) is 19.3 Å². The number of aryl methyl sites for hydroxylation is 1. The zero-order chi connectivity index (χ0) is 18.7. The molecule has 3 rings (SSSR count). The second kappa shape index (κ2) is 7.34. The summed E-state index contributed by atoms with van der Waals surface area (Å²) in [7, 11) is 0. The molecular formula is C17H18N4O5. The van der Waals surface area contributed by atoms with Crippen molar-refractivity contribution in [3.63, 3.8) is 0 Å². The number of hydrogen-bond acceptors (Lipinski definition) is 6. The lowest BCUT2D eigenvalue weighted by atomic mass is 9.97. The molecular weight excluding hydrogens is 340 g/mol. The first-order chi connectivity index (χ1) is 12.4. The van der Waals surface area contributed by atoms with Crippen LogP contribution in [0, 0.1) is 23.0 Å². The summed E-state index contributed by atoms with van der Waals surface area (Å²) < 4.78 is 4.96. The van der Waals surface area contributed by atoms with Crippen molar-refractivity contribution in [1.82, 2.24) is 9.88 Å². The summed E-state index contributed by atoms with van der Waals surface area (Å²) >= 11 is 0. The van der Waals surface area contributed by atoms with Gasteiger partial charge in [0.15, 0.2) is 5.76 Å². The summed E-state index contributed by atoms with van der Waals surface area (Å²) in [6.07, 6.45) is 2.98. The van der Waals surface area contributed by atoms with Crippen LogP contribution in [0.2, 0.25) is 0 Å². The van der Waals surface area contributed by atoms with E-state index >= 15 is 0 Å². The summed E-state index contributed by atoms with van der Waals surface area (Å²) in [5.41, 5.74) is 0.991. The zero-order valence-corrected chi connectivity index (χ0v) is 14.2. The molecule has 1 aliphatic heterocycles. The fourth-order valence-electron chi connectivity index (χ4n) is 2.84. The van der Waals surface area contributed by atoms with E-state index in [0.717, 1.165) is 11.6 Å². The minimum absolute atomic E-state index is 0.0991. The van der Waals surface area contributed by atoms with Crippen molar-refractivity contribution in [2.24, 2.45) is 5.92 Å². The van der Waals surface area contributed by atoms with Crippen molar-refractivity contribution >= 4 is 23.5 Å². The first-order valence-electron chi connectivity index (χ1n) is 8.21. The Morgan fingerprint density at radius 3 is 2.81 bits per heavy atom. The number of aromatic nitrogens is 1. The first kappa shape index (κ1) is 17.6. The highest BCUT2D eigenvalue weighted by molar-refractivity contribution is 5.94. The molecule has 2 aromatic heterocycles. The molecule has 2 aromatic rings. The number of amides is 2. The number of furan rings is 1. The van der Waals surface area contributed by atoms with Gasteiger partial charge in [-0.1, -0.05) is 6.07 Å². The van der Waals surface area contributed by atoms with Gasteiger partial charge in [-0.2, -0.15) is 0 Å². The van der Waals surface area contributed by atoms with E-state index < -0.39 is 16.7 Å². The Balaban J connectivity index is 1.64. The largest absolute Gasteiger partial charge is 0.433 e. The van der Waals surface area contributed by atoms with E-state index in [4.69, 9.17) is 4.42 Å². The molecule has 1 N–H and O–H groups in total. The number of nitrogens with one attached hydrogen (secondary N) is 1. The molecule has 3 heterocycles. The first-order valence-corrected chi connectivity index (χ1v) is 8.21. The van der Waals surface area contributed by atoms with Gasteiger partial charge in [0.2, 0.25) is 5.91 Å². The molecule has 9 heteroatoms. The number of hydrogen-bond donors (Lipinski definition) is 1. The van der Waals surface area contributed by atoms with Gasteiger partial charge in [0.05, 0.1) is 12.0 Å². The van der Waals surface area contributed by atoms with Crippen LogP contribution in [-0.2, 0) is 4.79 Å². The van der Waals surface area contributed by atoms with Crippen molar-refractivity contribution in [1.29, 1.82) is 0 Å². The van der Waals surface area contributed by atoms with Gasteiger partial charge in [-0.05, 0) is 37.5 Å². The quantitative estimate of drug-likeness (QED) is 0.662. The number of nitrogens with zero attached hydrogens (tertiary/aromatic N) is 3. The highest BCUT2D eigenvalue weighted by Gasteiger charge is 2.31. The monoisotopic (exact) mass is 358 g/mol. The van der Waals surface area contributed by atoms with E-state index in [9.17, 15) is 19.7 Å². The van der Waals surface area contributed by atoms with E-state index in [-0.39, 0.29) is 24.1 Å². The van der Waals surface area contributed by atoms with E-state index in [2.05, 4.69) is 10.3 Å².